The maximum atomic E-state index is 13.2. The first kappa shape index (κ1) is 18.5. The van der Waals surface area contributed by atoms with E-state index in [4.69, 9.17) is 0 Å². The van der Waals surface area contributed by atoms with Crippen molar-refractivity contribution >= 4 is 5.91 Å². The molecule has 0 aliphatic rings. The average Bonchev–Trinajstić information content (AvgIpc) is 2.71. The van der Waals surface area contributed by atoms with Crippen LogP contribution in [0.2, 0.25) is 0 Å². The van der Waals surface area contributed by atoms with Gasteiger partial charge in [0.2, 0.25) is 11.5 Å². The Balaban J connectivity index is 2.77. The Hall–Kier alpha value is -1.57. The molecule has 1 heterocycles. The van der Waals surface area contributed by atoms with Crippen LogP contribution in [0, 0.1) is 5.41 Å². The highest BCUT2D eigenvalue weighted by Crippen LogP contribution is 2.40. The van der Waals surface area contributed by atoms with E-state index in [1.54, 1.807) is 0 Å². The van der Waals surface area contributed by atoms with Gasteiger partial charge in [-0.3, -0.25) is 4.79 Å². The molecule has 22 heavy (non-hydrogen) atoms. The number of imidazole rings is 1. The van der Waals surface area contributed by atoms with Crippen LogP contribution in [-0.4, -0.2) is 33.3 Å². The van der Waals surface area contributed by atoms with Crippen molar-refractivity contribution in [1.29, 1.82) is 0 Å². The zero-order valence-corrected chi connectivity index (χ0v) is 13.2. The van der Waals surface area contributed by atoms with Crippen LogP contribution in [0.3, 0.4) is 0 Å². The molecule has 1 aromatic rings. The fourth-order valence-corrected chi connectivity index (χ4v) is 2.07. The number of aromatic nitrogens is 2. The second-order valence-corrected chi connectivity index (χ2v) is 6.56. The number of nitrogens with zero attached hydrogens (tertiary/aromatic N) is 2. The smallest absolute Gasteiger partial charge is 0.374 e. The summed E-state index contributed by atoms with van der Waals surface area (Å²) < 4.78 is 40.8. The van der Waals surface area contributed by atoms with Crippen LogP contribution >= 0.6 is 0 Å². The largest absolute Gasteiger partial charge is 0.424 e. The molecular formula is C14H22F3N3O2. The summed E-state index contributed by atoms with van der Waals surface area (Å²) in [4.78, 5) is 15.2. The summed E-state index contributed by atoms with van der Waals surface area (Å²) in [6.07, 6.45) is -2.88. The fraction of sp³-hybridized carbons (Fsp3) is 0.714. The first-order chi connectivity index (χ1) is 9.87. The third kappa shape index (κ3) is 4.46. The molecule has 1 unspecified atom stereocenters. The predicted octanol–water partition coefficient (Wildman–Crippen LogP) is 2.11. The predicted molar refractivity (Wildman–Crippen MR) is 74.9 cm³/mol. The molecule has 0 fully saturated rings. The molecule has 0 radical (unpaired) electrons. The summed E-state index contributed by atoms with van der Waals surface area (Å²) in [5.74, 6) is -0.845. The van der Waals surface area contributed by atoms with Gasteiger partial charge in [-0.1, -0.05) is 20.8 Å². The van der Waals surface area contributed by atoms with Gasteiger partial charge in [0, 0.05) is 38.8 Å². The molecule has 2 N–H and O–H groups in total. The monoisotopic (exact) mass is 321 g/mol. The number of aliphatic hydroxyl groups is 1. The molecule has 0 aromatic carbocycles. The SMILES string of the molecule is Cn1ccnc1C(O)(CCNC(=O)CC(C)(C)C)C(F)(F)F. The zero-order chi connectivity index (χ0) is 17.2. The molecule has 8 heteroatoms. The van der Waals surface area contributed by atoms with Crippen LogP contribution in [0.1, 0.15) is 39.4 Å². The lowest BCUT2D eigenvalue weighted by atomic mass is 9.92. The highest BCUT2D eigenvalue weighted by Gasteiger charge is 2.57. The van der Waals surface area contributed by atoms with Crippen molar-refractivity contribution < 1.29 is 23.1 Å². The number of hydrogen-bond acceptors (Lipinski definition) is 3. The summed E-state index contributed by atoms with van der Waals surface area (Å²) in [7, 11) is 1.37. The first-order valence-electron chi connectivity index (χ1n) is 6.90. The number of alkyl halides is 3. The number of rotatable bonds is 5. The van der Waals surface area contributed by atoms with Gasteiger partial charge in [0.05, 0.1) is 0 Å². The minimum atomic E-state index is -4.89. The van der Waals surface area contributed by atoms with E-state index in [1.807, 2.05) is 20.8 Å². The number of halogens is 3. The number of aryl methyl sites for hydroxylation is 1. The van der Waals surface area contributed by atoms with Gasteiger partial charge >= 0.3 is 6.18 Å². The summed E-state index contributed by atoms with van der Waals surface area (Å²) in [5.41, 5.74) is -3.36. The lowest BCUT2D eigenvalue weighted by Crippen LogP contribution is -2.46. The van der Waals surface area contributed by atoms with E-state index in [1.165, 1.54) is 19.4 Å². The van der Waals surface area contributed by atoms with Crippen molar-refractivity contribution in [2.75, 3.05) is 6.54 Å². The van der Waals surface area contributed by atoms with E-state index in [9.17, 15) is 23.1 Å². The Kier molecular flexibility index (Phi) is 5.27. The summed E-state index contributed by atoms with van der Waals surface area (Å²) >= 11 is 0. The summed E-state index contributed by atoms with van der Waals surface area (Å²) in [5, 5.41) is 12.5. The highest BCUT2D eigenvalue weighted by atomic mass is 19.4. The number of carbonyl (C=O) groups is 1. The van der Waals surface area contributed by atoms with Crippen LogP contribution in [0.25, 0.3) is 0 Å². The number of nitrogens with one attached hydrogen (secondary N) is 1. The Morgan fingerprint density at radius 3 is 2.36 bits per heavy atom. The quantitative estimate of drug-likeness (QED) is 0.873. The Morgan fingerprint density at radius 2 is 1.95 bits per heavy atom. The summed E-state index contributed by atoms with van der Waals surface area (Å²) in [6.45, 7) is 5.27. The fourth-order valence-electron chi connectivity index (χ4n) is 2.07. The van der Waals surface area contributed by atoms with Crippen molar-refractivity contribution in [3.8, 4) is 0 Å². The van der Waals surface area contributed by atoms with Crippen molar-refractivity contribution in [3.63, 3.8) is 0 Å². The van der Waals surface area contributed by atoms with Crippen LogP contribution in [0.5, 0.6) is 0 Å². The molecule has 0 bridgehead atoms. The van der Waals surface area contributed by atoms with Crippen LogP contribution in [-0.2, 0) is 17.4 Å². The van der Waals surface area contributed by atoms with Crippen LogP contribution in [0.15, 0.2) is 12.4 Å². The maximum Gasteiger partial charge on any atom is 0.424 e. The van der Waals surface area contributed by atoms with E-state index < -0.39 is 24.0 Å². The van der Waals surface area contributed by atoms with Gasteiger partial charge in [0.15, 0.2) is 0 Å². The third-order valence-electron chi connectivity index (χ3n) is 3.16. The minimum absolute atomic E-state index is 0.194. The average molecular weight is 321 g/mol. The highest BCUT2D eigenvalue weighted by molar-refractivity contribution is 5.76. The number of hydrogen-bond donors (Lipinski definition) is 2. The molecule has 1 rings (SSSR count). The molecule has 0 saturated carbocycles. The van der Waals surface area contributed by atoms with Crippen molar-refractivity contribution in [3.05, 3.63) is 18.2 Å². The van der Waals surface area contributed by atoms with Crippen molar-refractivity contribution in [1.82, 2.24) is 14.9 Å². The lowest BCUT2D eigenvalue weighted by molar-refractivity contribution is -0.272. The Bertz CT molecular complexity index is 520. The van der Waals surface area contributed by atoms with Crippen LogP contribution < -0.4 is 5.32 Å². The molecule has 0 aliphatic heterocycles. The minimum Gasteiger partial charge on any atom is -0.374 e. The third-order valence-corrected chi connectivity index (χ3v) is 3.16. The lowest BCUT2D eigenvalue weighted by Gasteiger charge is -2.30. The van der Waals surface area contributed by atoms with Gasteiger partial charge < -0.3 is 15.0 Å². The Labute approximate surface area is 127 Å². The van der Waals surface area contributed by atoms with Gasteiger partial charge in [-0.2, -0.15) is 13.2 Å². The standard InChI is InChI=1S/C14H22F3N3O2/c1-12(2,3)9-10(21)18-6-5-13(22,14(15,16)17)11-19-7-8-20(11)4/h7-8,22H,5-6,9H2,1-4H3,(H,18,21). The molecule has 0 saturated heterocycles. The molecule has 0 spiro atoms. The van der Waals surface area contributed by atoms with Crippen molar-refractivity contribution in [2.24, 2.45) is 12.5 Å². The number of amides is 1. The molecule has 1 aromatic heterocycles. The van der Waals surface area contributed by atoms with Crippen molar-refractivity contribution in [2.45, 2.75) is 45.4 Å². The normalized spacial score (nSPS) is 15.5. The van der Waals surface area contributed by atoms with E-state index in [2.05, 4.69) is 10.3 Å². The van der Waals surface area contributed by atoms with E-state index >= 15 is 0 Å². The molecule has 1 amide bonds. The molecule has 0 aliphatic carbocycles. The van der Waals surface area contributed by atoms with Crippen LogP contribution in [0.4, 0.5) is 13.2 Å². The first-order valence-corrected chi connectivity index (χ1v) is 6.90. The second kappa shape index (κ2) is 6.28. The zero-order valence-electron chi connectivity index (χ0n) is 13.2. The molecular weight excluding hydrogens is 299 g/mol. The second-order valence-electron chi connectivity index (χ2n) is 6.56. The maximum absolute atomic E-state index is 13.2. The van der Waals surface area contributed by atoms with E-state index in [0.29, 0.717) is 0 Å². The Morgan fingerprint density at radius 1 is 1.36 bits per heavy atom. The van der Waals surface area contributed by atoms with Gasteiger partial charge in [0.25, 0.3) is 0 Å². The topological polar surface area (TPSA) is 67.2 Å². The molecule has 5 nitrogen and oxygen atoms in total. The summed E-state index contributed by atoms with van der Waals surface area (Å²) in [6, 6.07) is 0. The molecule has 1 atom stereocenters. The number of carbonyl (C=O) groups excluding carboxylic acids is 1. The molecule has 126 valence electrons. The van der Waals surface area contributed by atoms with Gasteiger partial charge in [-0.05, 0) is 5.41 Å². The van der Waals surface area contributed by atoms with Gasteiger partial charge in [-0.25, -0.2) is 4.98 Å². The van der Waals surface area contributed by atoms with Gasteiger partial charge in [-0.15, -0.1) is 0 Å². The van der Waals surface area contributed by atoms with Gasteiger partial charge in [0.1, 0.15) is 5.82 Å². The van der Waals surface area contributed by atoms with E-state index in [-0.39, 0.29) is 24.3 Å². The van der Waals surface area contributed by atoms with E-state index in [0.717, 1.165) is 4.57 Å².